The van der Waals surface area contributed by atoms with Crippen molar-refractivity contribution in [3.63, 3.8) is 0 Å². The van der Waals surface area contributed by atoms with Gasteiger partial charge in [-0.2, -0.15) is 4.31 Å². The Kier molecular flexibility index (Phi) is 4.81. The Morgan fingerprint density at radius 1 is 1.15 bits per heavy atom. The summed E-state index contributed by atoms with van der Waals surface area (Å²) in [5.74, 6) is -1.19. The van der Waals surface area contributed by atoms with Gasteiger partial charge in [-0.1, -0.05) is 35.9 Å². The molecule has 1 atom stereocenters. The van der Waals surface area contributed by atoms with Crippen molar-refractivity contribution in [2.75, 3.05) is 6.54 Å². The third-order valence-corrected chi connectivity index (χ3v) is 6.21. The lowest BCUT2D eigenvalue weighted by Gasteiger charge is -2.26. The number of non-ortho nitro benzene ring substituents is 1. The third kappa shape index (κ3) is 3.46. The molecule has 1 aliphatic rings. The fourth-order valence-electron chi connectivity index (χ4n) is 2.97. The van der Waals surface area contributed by atoms with Crippen molar-refractivity contribution in [1.82, 2.24) is 4.31 Å². The van der Waals surface area contributed by atoms with Crippen LogP contribution in [0.25, 0.3) is 0 Å². The number of rotatable bonds is 5. The summed E-state index contributed by atoms with van der Waals surface area (Å²) in [6, 6.07) is 10.5. The molecule has 2 aromatic rings. The molecule has 9 heteroatoms. The molecule has 0 saturated heterocycles. The van der Waals surface area contributed by atoms with Crippen LogP contribution < -0.4 is 0 Å². The molecule has 0 spiro atoms. The molecule has 140 valence electrons. The fraction of sp³-hybridized carbons (Fsp3) is 0.167. The van der Waals surface area contributed by atoms with Gasteiger partial charge in [0.05, 0.1) is 21.4 Å². The van der Waals surface area contributed by atoms with E-state index < -0.39 is 27.0 Å². The number of hydrogen-bond donors (Lipinski definition) is 1. The van der Waals surface area contributed by atoms with Gasteiger partial charge >= 0.3 is 5.97 Å². The van der Waals surface area contributed by atoms with E-state index in [1.165, 1.54) is 6.08 Å². The van der Waals surface area contributed by atoms with Crippen LogP contribution in [0.15, 0.2) is 65.1 Å². The molecule has 0 bridgehead atoms. The lowest BCUT2D eigenvalue weighted by Crippen LogP contribution is -2.33. The van der Waals surface area contributed by atoms with Crippen LogP contribution >= 0.6 is 0 Å². The van der Waals surface area contributed by atoms with Crippen LogP contribution in [0, 0.1) is 17.0 Å². The third-order valence-electron chi connectivity index (χ3n) is 4.37. The summed E-state index contributed by atoms with van der Waals surface area (Å²) in [7, 11) is -4.06. The summed E-state index contributed by atoms with van der Waals surface area (Å²) < 4.78 is 27.2. The molecule has 0 aromatic heterocycles. The molecule has 0 saturated carbocycles. The molecule has 27 heavy (non-hydrogen) atoms. The molecule has 0 radical (unpaired) electrons. The lowest BCUT2D eigenvalue weighted by molar-refractivity contribution is -0.384. The number of carboxylic acids is 1. The molecular weight excluding hydrogens is 372 g/mol. The predicted molar refractivity (Wildman–Crippen MR) is 96.6 cm³/mol. The minimum absolute atomic E-state index is 0.0238. The summed E-state index contributed by atoms with van der Waals surface area (Å²) >= 11 is 0. The second-order valence-corrected chi connectivity index (χ2v) is 7.99. The Bertz CT molecular complexity index is 1030. The Hall–Kier alpha value is -3.04. The first kappa shape index (κ1) is 18.7. The number of sulfonamides is 1. The Balaban J connectivity index is 2.04. The zero-order valence-corrected chi connectivity index (χ0v) is 15.1. The number of hydrogen-bond acceptors (Lipinski definition) is 5. The van der Waals surface area contributed by atoms with Crippen LogP contribution in [0.4, 0.5) is 5.69 Å². The Morgan fingerprint density at radius 2 is 1.74 bits per heavy atom. The van der Waals surface area contributed by atoms with E-state index >= 15 is 0 Å². The normalized spacial score (nSPS) is 17.5. The zero-order valence-electron chi connectivity index (χ0n) is 14.3. The van der Waals surface area contributed by atoms with Crippen molar-refractivity contribution in [2.24, 2.45) is 0 Å². The average Bonchev–Trinajstić information content (AvgIpc) is 3.08. The minimum Gasteiger partial charge on any atom is -0.478 e. The molecule has 2 aromatic carbocycles. The van der Waals surface area contributed by atoms with Crippen LogP contribution in [0.3, 0.4) is 0 Å². The topological polar surface area (TPSA) is 118 Å². The molecule has 8 nitrogen and oxygen atoms in total. The van der Waals surface area contributed by atoms with Crippen LogP contribution in [-0.4, -0.2) is 35.3 Å². The molecule has 0 aliphatic carbocycles. The number of aryl methyl sites for hydroxylation is 1. The van der Waals surface area contributed by atoms with Crippen LogP contribution in [0.5, 0.6) is 0 Å². The number of nitro benzene ring substituents is 1. The van der Waals surface area contributed by atoms with E-state index in [9.17, 15) is 28.4 Å². The molecule has 1 unspecified atom stereocenters. The smallest absolute Gasteiger partial charge is 0.333 e. The minimum atomic E-state index is -4.06. The van der Waals surface area contributed by atoms with Gasteiger partial charge in [0.25, 0.3) is 5.69 Å². The molecular formula is C18H16N2O6S. The molecule has 1 heterocycles. The van der Waals surface area contributed by atoms with Gasteiger partial charge in [0.2, 0.25) is 10.0 Å². The largest absolute Gasteiger partial charge is 0.478 e. The second-order valence-electron chi connectivity index (χ2n) is 6.10. The number of benzene rings is 2. The van der Waals surface area contributed by atoms with Crippen molar-refractivity contribution >= 4 is 21.7 Å². The Labute approximate surface area is 155 Å². The monoisotopic (exact) mass is 388 g/mol. The van der Waals surface area contributed by atoms with Crippen molar-refractivity contribution < 1.29 is 23.2 Å². The summed E-state index contributed by atoms with van der Waals surface area (Å²) in [5.41, 5.74) is 1.25. The van der Waals surface area contributed by atoms with Gasteiger partial charge in [0.1, 0.15) is 0 Å². The number of nitro groups is 1. The van der Waals surface area contributed by atoms with E-state index in [0.29, 0.717) is 5.56 Å². The standard InChI is InChI=1S/C18H16N2O6S/c1-12-2-4-13(5-3-12)17-16(18(21)22)10-11-19(17)27(25,26)15-8-6-14(7-9-15)20(23)24/h2-10,17H,11H2,1H3,(H,21,22). The predicted octanol–water partition coefficient (Wildman–Crippen LogP) is 2.66. The van der Waals surface area contributed by atoms with E-state index in [0.717, 1.165) is 34.1 Å². The first-order chi connectivity index (χ1) is 12.7. The highest BCUT2D eigenvalue weighted by atomic mass is 32.2. The van der Waals surface area contributed by atoms with E-state index in [4.69, 9.17) is 0 Å². The summed E-state index contributed by atoms with van der Waals surface area (Å²) in [6.07, 6.45) is 1.37. The first-order valence-electron chi connectivity index (χ1n) is 7.98. The molecule has 0 amide bonds. The second kappa shape index (κ2) is 6.93. The van der Waals surface area contributed by atoms with E-state index in [1.807, 2.05) is 6.92 Å². The van der Waals surface area contributed by atoms with Gasteiger partial charge < -0.3 is 5.11 Å². The molecule has 1 aliphatic heterocycles. The van der Waals surface area contributed by atoms with Crippen molar-refractivity contribution in [3.8, 4) is 0 Å². The summed E-state index contributed by atoms with van der Waals surface area (Å²) in [6.45, 7) is 1.78. The van der Waals surface area contributed by atoms with Gasteiger partial charge in [-0.3, -0.25) is 10.1 Å². The maximum atomic E-state index is 13.1. The number of carboxylic acid groups (broad SMARTS) is 1. The van der Waals surface area contributed by atoms with E-state index in [1.54, 1.807) is 24.3 Å². The number of aliphatic carboxylic acids is 1. The number of carbonyl (C=O) groups is 1. The highest BCUT2D eigenvalue weighted by Gasteiger charge is 2.40. The van der Waals surface area contributed by atoms with Crippen molar-refractivity contribution in [3.05, 3.63) is 81.4 Å². The average molecular weight is 388 g/mol. The maximum Gasteiger partial charge on any atom is 0.333 e. The van der Waals surface area contributed by atoms with Gasteiger partial charge in [-0.25, -0.2) is 13.2 Å². The zero-order chi connectivity index (χ0) is 19.8. The SMILES string of the molecule is Cc1ccc(C2C(C(=O)O)=CCN2S(=O)(=O)c2ccc([N+](=O)[O-])cc2)cc1. The summed E-state index contributed by atoms with van der Waals surface area (Å²) in [4.78, 5) is 21.6. The molecule has 1 N–H and O–H groups in total. The van der Waals surface area contributed by atoms with Crippen LogP contribution in [-0.2, 0) is 14.8 Å². The van der Waals surface area contributed by atoms with Crippen molar-refractivity contribution in [1.29, 1.82) is 0 Å². The van der Waals surface area contributed by atoms with Gasteiger partial charge in [-0.15, -0.1) is 0 Å². The van der Waals surface area contributed by atoms with Crippen LogP contribution in [0.2, 0.25) is 0 Å². The fourth-order valence-corrected chi connectivity index (χ4v) is 4.51. The highest BCUT2D eigenvalue weighted by molar-refractivity contribution is 7.89. The lowest BCUT2D eigenvalue weighted by atomic mass is 10.00. The number of nitrogens with zero attached hydrogens (tertiary/aromatic N) is 2. The van der Waals surface area contributed by atoms with Crippen molar-refractivity contribution in [2.45, 2.75) is 17.9 Å². The quantitative estimate of drug-likeness (QED) is 0.621. The summed E-state index contributed by atoms with van der Waals surface area (Å²) in [5, 5.41) is 20.3. The van der Waals surface area contributed by atoms with Gasteiger partial charge in [0, 0.05) is 18.7 Å². The molecule has 3 rings (SSSR count). The van der Waals surface area contributed by atoms with Gasteiger partial charge in [-0.05, 0) is 24.6 Å². The van der Waals surface area contributed by atoms with Gasteiger partial charge in [0.15, 0.2) is 0 Å². The Morgan fingerprint density at radius 3 is 2.26 bits per heavy atom. The van der Waals surface area contributed by atoms with Crippen LogP contribution in [0.1, 0.15) is 17.2 Å². The van der Waals surface area contributed by atoms with E-state index in [-0.39, 0.29) is 22.7 Å². The maximum absolute atomic E-state index is 13.1. The first-order valence-corrected chi connectivity index (χ1v) is 9.42. The molecule has 0 fully saturated rings. The van der Waals surface area contributed by atoms with E-state index in [2.05, 4.69) is 0 Å². The highest BCUT2D eigenvalue weighted by Crippen LogP contribution is 2.38.